The van der Waals surface area contributed by atoms with E-state index in [1.54, 1.807) is 12.1 Å². The zero-order valence-electron chi connectivity index (χ0n) is 15.6. The number of amides is 1. The summed E-state index contributed by atoms with van der Waals surface area (Å²) in [7, 11) is 0. The Labute approximate surface area is 170 Å². The Hall–Kier alpha value is -2.58. The number of benzene rings is 1. The fourth-order valence-corrected chi connectivity index (χ4v) is 3.81. The van der Waals surface area contributed by atoms with Crippen molar-refractivity contribution in [3.63, 3.8) is 0 Å². The summed E-state index contributed by atoms with van der Waals surface area (Å²) in [5, 5.41) is 14.7. The molecule has 0 radical (unpaired) electrons. The summed E-state index contributed by atoms with van der Waals surface area (Å²) in [6.07, 6.45) is -4.42. The minimum absolute atomic E-state index is 0.623. The predicted octanol–water partition coefficient (Wildman–Crippen LogP) is 4.95. The average Bonchev–Trinajstić information content (AvgIpc) is 3.39. The smallest absolute Gasteiger partial charge is 0.425 e. The molecule has 2 N–H and O–H groups in total. The van der Waals surface area contributed by atoms with Crippen LogP contribution in [0.2, 0.25) is 0 Å². The Morgan fingerprint density at radius 3 is 2.41 bits per heavy atom. The number of hydrogen-bond donors (Lipinski definition) is 2. The molecule has 0 fully saturated rings. The third-order valence-electron chi connectivity index (χ3n) is 4.67. The third-order valence-corrected chi connectivity index (χ3v) is 5.61. The van der Waals surface area contributed by atoms with Crippen LogP contribution in [-0.4, -0.2) is 17.2 Å². The molecule has 0 unspecified atom stereocenters. The SMILES string of the molecule is CCc1ccc([C@H](NC(=O)C[C@](O)(c2ccco2)C(F)(F)F)c2cccs2)cc1. The molecule has 29 heavy (non-hydrogen) atoms. The minimum atomic E-state index is -5.08. The molecule has 0 saturated carbocycles. The lowest BCUT2D eigenvalue weighted by Gasteiger charge is -2.29. The number of alkyl halides is 3. The maximum atomic E-state index is 13.6. The number of aliphatic hydroxyl groups is 1. The van der Waals surface area contributed by atoms with E-state index < -0.39 is 35.9 Å². The summed E-state index contributed by atoms with van der Waals surface area (Å²) in [6, 6.07) is 12.7. The van der Waals surface area contributed by atoms with Crippen molar-refractivity contribution in [2.24, 2.45) is 0 Å². The van der Waals surface area contributed by atoms with Crippen LogP contribution in [0.25, 0.3) is 0 Å². The highest BCUT2D eigenvalue weighted by atomic mass is 32.1. The summed E-state index contributed by atoms with van der Waals surface area (Å²) in [4.78, 5) is 13.4. The molecule has 3 rings (SSSR count). The van der Waals surface area contributed by atoms with Crippen LogP contribution in [0.4, 0.5) is 13.2 Å². The van der Waals surface area contributed by atoms with Crippen LogP contribution in [0, 0.1) is 0 Å². The zero-order valence-corrected chi connectivity index (χ0v) is 16.4. The Morgan fingerprint density at radius 1 is 1.17 bits per heavy atom. The van der Waals surface area contributed by atoms with E-state index >= 15 is 0 Å². The second-order valence-electron chi connectivity index (χ2n) is 6.62. The van der Waals surface area contributed by atoms with Crippen molar-refractivity contribution in [2.75, 3.05) is 0 Å². The van der Waals surface area contributed by atoms with Gasteiger partial charge < -0.3 is 14.8 Å². The van der Waals surface area contributed by atoms with E-state index in [1.165, 1.54) is 17.4 Å². The molecule has 1 amide bonds. The highest BCUT2D eigenvalue weighted by molar-refractivity contribution is 7.10. The first-order chi connectivity index (χ1) is 13.7. The lowest BCUT2D eigenvalue weighted by Crippen LogP contribution is -2.46. The lowest BCUT2D eigenvalue weighted by atomic mass is 9.94. The number of thiophene rings is 1. The van der Waals surface area contributed by atoms with E-state index in [-0.39, 0.29) is 0 Å². The van der Waals surface area contributed by atoms with Gasteiger partial charge in [-0.15, -0.1) is 11.3 Å². The molecule has 154 valence electrons. The molecule has 2 atom stereocenters. The fraction of sp³-hybridized carbons (Fsp3) is 0.286. The molecule has 0 saturated heterocycles. The Kier molecular flexibility index (Phi) is 6.14. The third kappa shape index (κ3) is 4.54. The Balaban J connectivity index is 1.86. The number of aryl methyl sites for hydroxylation is 1. The number of furan rings is 1. The van der Waals surface area contributed by atoms with E-state index in [9.17, 15) is 23.1 Å². The highest BCUT2D eigenvalue weighted by Gasteiger charge is 2.58. The van der Waals surface area contributed by atoms with Gasteiger partial charge in [0, 0.05) is 4.88 Å². The second kappa shape index (κ2) is 8.42. The molecule has 2 aromatic heterocycles. The standard InChI is InChI=1S/C21H20F3NO3S/c1-2-14-7-9-15(10-8-14)19(16-5-4-12-29-16)25-18(26)13-20(27,21(22,23)24)17-6-3-11-28-17/h3-12,19,27H,2,13H2,1H3,(H,25,26)/t19-,20-/m0/s1. The maximum Gasteiger partial charge on any atom is 0.425 e. The summed E-state index contributed by atoms with van der Waals surface area (Å²) in [5.74, 6) is -1.67. The molecule has 0 bridgehead atoms. The van der Waals surface area contributed by atoms with Crippen molar-refractivity contribution in [3.8, 4) is 0 Å². The Morgan fingerprint density at radius 2 is 1.90 bits per heavy atom. The molecular weight excluding hydrogens is 403 g/mol. The number of carbonyl (C=O) groups excluding carboxylic acids is 1. The maximum absolute atomic E-state index is 13.6. The molecule has 0 spiro atoms. The monoisotopic (exact) mass is 423 g/mol. The lowest BCUT2D eigenvalue weighted by molar-refractivity contribution is -0.273. The van der Waals surface area contributed by atoms with Gasteiger partial charge in [-0.25, -0.2) is 0 Å². The van der Waals surface area contributed by atoms with Gasteiger partial charge in [-0.05, 0) is 41.1 Å². The molecular formula is C21H20F3NO3S. The summed E-state index contributed by atoms with van der Waals surface area (Å²) >= 11 is 1.38. The molecule has 0 aliphatic rings. The van der Waals surface area contributed by atoms with Crippen molar-refractivity contribution in [1.82, 2.24) is 5.32 Å². The number of nitrogens with one attached hydrogen (secondary N) is 1. The van der Waals surface area contributed by atoms with Crippen LogP contribution in [0.1, 0.15) is 41.2 Å². The van der Waals surface area contributed by atoms with Gasteiger partial charge in [0.25, 0.3) is 0 Å². The van der Waals surface area contributed by atoms with Crippen LogP contribution in [0.15, 0.2) is 64.6 Å². The summed E-state index contributed by atoms with van der Waals surface area (Å²) in [6.45, 7) is 2.01. The summed E-state index contributed by atoms with van der Waals surface area (Å²) in [5.41, 5.74) is -1.56. The highest BCUT2D eigenvalue weighted by Crippen LogP contribution is 2.42. The molecule has 0 aliphatic carbocycles. The summed E-state index contributed by atoms with van der Waals surface area (Å²) < 4.78 is 45.4. The van der Waals surface area contributed by atoms with Gasteiger partial charge in [0.2, 0.25) is 11.5 Å². The van der Waals surface area contributed by atoms with Crippen LogP contribution >= 0.6 is 11.3 Å². The molecule has 3 aromatic rings. The number of rotatable bonds is 7. The van der Waals surface area contributed by atoms with Crippen molar-refractivity contribution in [1.29, 1.82) is 0 Å². The number of halogens is 3. The van der Waals surface area contributed by atoms with Gasteiger partial charge >= 0.3 is 6.18 Å². The van der Waals surface area contributed by atoms with Crippen molar-refractivity contribution < 1.29 is 27.5 Å². The van der Waals surface area contributed by atoms with Crippen LogP contribution < -0.4 is 5.32 Å². The van der Waals surface area contributed by atoms with Gasteiger partial charge in [0.15, 0.2) is 0 Å². The first-order valence-electron chi connectivity index (χ1n) is 8.99. The minimum Gasteiger partial charge on any atom is -0.466 e. The molecule has 8 heteroatoms. The number of carbonyl (C=O) groups is 1. The van der Waals surface area contributed by atoms with Gasteiger partial charge in [-0.3, -0.25) is 4.79 Å². The van der Waals surface area contributed by atoms with Crippen molar-refractivity contribution >= 4 is 17.2 Å². The largest absolute Gasteiger partial charge is 0.466 e. The first kappa shape index (κ1) is 21.1. The second-order valence-corrected chi connectivity index (χ2v) is 7.60. The van der Waals surface area contributed by atoms with Crippen LogP contribution in [0.5, 0.6) is 0 Å². The molecule has 0 aliphatic heterocycles. The van der Waals surface area contributed by atoms with Crippen LogP contribution in [0.3, 0.4) is 0 Å². The molecule has 1 aromatic carbocycles. The van der Waals surface area contributed by atoms with Gasteiger partial charge in [0.1, 0.15) is 5.76 Å². The van der Waals surface area contributed by atoms with Crippen molar-refractivity contribution in [2.45, 2.75) is 37.6 Å². The average molecular weight is 423 g/mol. The van der Waals surface area contributed by atoms with E-state index in [2.05, 4.69) is 5.32 Å². The normalized spacial score (nSPS) is 14.9. The van der Waals surface area contributed by atoms with E-state index in [1.807, 2.05) is 36.6 Å². The van der Waals surface area contributed by atoms with Gasteiger partial charge in [-0.2, -0.15) is 13.2 Å². The quantitative estimate of drug-likeness (QED) is 0.565. The van der Waals surface area contributed by atoms with Crippen molar-refractivity contribution in [3.05, 3.63) is 81.9 Å². The first-order valence-corrected chi connectivity index (χ1v) is 9.87. The van der Waals surface area contributed by atoms with E-state index in [4.69, 9.17) is 4.42 Å². The van der Waals surface area contributed by atoms with E-state index in [0.29, 0.717) is 0 Å². The topological polar surface area (TPSA) is 62.5 Å². The zero-order chi connectivity index (χ0) is 21.1. The predicted molar refractivity (Wildman–Crippen MR) is 103 cm³/mol. The number of hydrogen-bond acceptors (Lipinski definition) is 4. The molecule has 4 nitrogen and oxygen atoms in total. The van der Waals surface area contributed by atoms with Crippen LogP contribution in [-0.2, 0) is 16.8 Å². The Bertz CT molecular complexity index is 921. The van der Waals surface area contributed by atoms with Gasteiger partial charge in [-0.1, -0.05) is 37.3 Å². The fourth-order valence-electron chi connectivity index (χ4n) is 3.01. The van der Waals surface area contributed by atoms with E-state index in [0.717, 1.165) is 34.8 Å². The van der Waals surface area contributed by atoms with Gasteiger partial charge in [0.05, 0.1) is 18.7 Å². The molecule has 2 heterocycles.